The molecule has 2 atom stereocenters. The molecule has 2 rings (SSSR count). The number of carbonyl (C=O) groups excluding carboxylic acids is 2. The number of ether oxygens (including phenoxy) is 2. The number of aliphatic hydroxyl groups is 1. The highest BCUT2D eigenvalue weighted by molar-refractivity contribution is 5.94. The van der Waals surface area contributed by atoms with Crippen LogP contribution in [0, 0.1) is 5.92 Å². The molecule has 1 aromatic rings. The summed E-state index contributed by atoms with van der Waals surface area (Å²) in [6.07, 6.45) is 8.71. The van der Waals surface area contributed by atoms with Crippen LogP contribution >= 0.6 is 0 Å². The molecule has 0 amide bonds. The van der Waals surface area contributed by atoms with Crippen LogP contribution in [0.4, 0.5) is 0 Å². The van der Waals surface area contributed by atoms with Gasteiger partial charge in [-0.1, -0.05) is 18.2 Å². The summed E-state index contributed by atoms with van der Waals surface area (Å²) < 4.78 is 10.8. The first kappa shape index (κ1) is 21.9. The largest absolute Gasteiger partial charge is 0.497 e. The van der Waals surface area contributed by atoms with E-state index in [1.165, 1.54) is 0 Å². The molecule has 0 unspecified atom stereocenters. The van der Waals surface area contributed by atoms with Crippen LogP contribution in [0.2, 0.25) is 0 Å². The van der Waals surface area contributed by atoms with E-state index in [1.54, 1.807) is 58.2 Å². The van der Waals surface area contributed by atoms with Crippen LogP contribution in [0.25, 0.3) is 6.08 Å². The number of ketones is 1. The zero-order valence-corrected chi connectivity index (χ0v) is 17.1. The third kappa shape index (κ3) is 6.97. The molecule has 5 heteroatoms. The Balaban J connectivity index is 2.37. The minimum Gasteiger partial charge on any atom is -0.497 e. The molecule has 0 saturated heterocycles. The Morgan fingerprint density at radius 2 is 1.89 bits per heavy atom. The topological polar surface area (TPSA) is 72.8 Å². The highest BCUT2D eigenvalue weighted by Crippen LogP contribution is 2.26. The SMILES string of the molecule is COc1ccc2c(c1)/C=C/C[C@H](CC(C)(C)O)CC(=O)/C=C\C[C@H](C)OC2=O. The van der Waals surface area contributed by atoms with Crippen LogP contribution < -0.4 is 4.74 Å². The van der Waals surface area contributed by atoms with Crippen LogP contribution in [0.1, 0.15) is 62.4 Å². The summed E-state index contributed by atoms with van der Waals surface area (Å²) in [6, 6.07) is 5.23. The summed E-state index contributed by atoms with van der Waals surface area (Å²) in [6.45, 7) is 5.30. The number of carbonyl (C=O) groups is 2. The van der Waals surface area contributed by atoms with Gasteiger partial charge in [0.25, 0.3) is 0 Å². The van der Waals surface area contributed by atoms with Gasteiger partial charge in [-0.15, -0.1) is 0 Å². The second kappa shape index (κ2) is 9.69. The van der Waals surface area contributed by atoms with Crippen molar-refractivity contribution in [1.29, 1.82) is 0 Å². The van der Waals surface area contributed by atoms with Gasteiger partial charge >= 0.3 is 5.97 Å². The summed E-state index contributed by atoms with van der Waals surface area (Å²) in [5.74, 6) is 0.270. The van der Waals surface area contributed by atoms with Crippen molar-refractivity contribution < 1.29 is 24.2 Å². The Hall–Kier alpha value is -2.40. The molecule has 1 aromatic carbocycles. The van der Waals surface area contributed by atoms with Crippen molar-refractivity contribution in [3.05, 3.63) is 47.6 Å². The molecule has 1 aliphatic heterocycles. The number of esters is 1. The second-order valence-electron chi connectivity index (χ2n) is 8.00. The molecule has 5 nitrogen and oxygen atoms in total. The quantitative estimate of drug-likeness (QED) is 0.783. The Morgan fingerprint density at radius 3 is 2.57 bits per heavy atom. The lowest BCUT2D eigenvalue weighted by atomic mass is 9.87. The van der Waals surface area contributed by atoms with Gasteiger partial charge in [0.1, 0.15) is 11.9 Å². The van der Waals surface area contributed by atoms with E-state index in [0.29, 0.717) is 42.6 Å². The van der Waals surface area contributed by atoms with Gasteiger partial charge in [-0.2, -0.15) is 0 Å². The molecule has 1 aliphatic rings. The van der Waals surface area contributed by atoms with Gasteiger partial charge in [0.05, 0.1) is 18.3 Å². The molecule has 152 valence electrons. The lowest BCUT2D eigenvalue weighted by Gasteiger charge is -2.23. The maximum absolute atomic E-state index is 12.6. The van der Waals surface area contributed by atoms with Gasteiger partial charge in [0, 0.05) is 12.8 Å². The molecule has 1 heterocycles. The molecule has 0 radical (unpaired) electrons. The molecular formula is C23H30O5. The van der Waals surface area contributed by atoms with Crippen molar-refractivity contribution in [3.63, 3.8) is 0 Å². The predicted octanol–water partition coefficient (Wildman–Crippen LogP) is 4.34. The first-order valence-corrected chi connectivity index (χ1v) is 9.65. The van der Waals surface area contributed by atoms with E-state index in [2.05, 4.69) is 0 Å². The number of cyclic esters (lactones) is 1. The first-order chi connectivity index (χ1) is 13.2. The van der Waals surface area contributed by atoms with Crippen molar-refractivity contribution in [2.45, 2.75) is 58.2 Å². The lowest BCUT2D eigenvalue weighted by Crippen LogP contribution is -2.24. The fourth-order valence-electron chi connectivity index (χ4n) is 3.36. The van der Waals surface area contributed by atoms with E-state index in [4.69, 9.17) is 9.47 Å². The summed E-state index contributed by atoms with van der Waals surface area (Å²) in [5, 5.41) is 10.2. The summed E-state index contributed by atoms with van der Waals surface area (Å²) in [7, 11) is 1.58. The van der Waals surface area contributed by atoms with Crippen LogP contribution in [-0.2, 0) is 9.53 Å². The standard InChI is InChI=1S/C23H30O5/c1-16-7-5-10-19(24)13-17(15-23(2,3)26)8-6-9-18-14-20(27-4)11-12-21(18)22(25)28-16/h5-6,9-12,14,16-17,26H,7-8,13,15H2,1-4H3/b9-6+,10-5-/t16-,17-/m0/s1. The Labute approximate surface area is 167 Å². The number of hydrogen-bond acceptors (Lipinski definition) is 5. The Bertz CT molecular complexity index is 755. The Kier molecular flexibility index (Phi) is 7.58. The van der Waals surface area contributed by atoms with Crippen molar-refractivity contribution >= 4 is 17.8 Å². The van der Waals surface area contributed by atoms with E-state index in [-0.39, 0.29) is 17.8 Å². The number of allylic oxidation sites excluding steroid dienone is 2. The van der Waals surface area contributed by atoms with E-state index in [1.807, 2.05) is 12.2 Å². The fourth-order valence-corrected chi connectivity index (χ4v) is 3.36. The zero-order valence-electron chi connectivity index (χ0n) is 17.1. The molecule has 28 heavy (non-hydrogen) atoms. The number of methoxy groups -OCH3 is 1. The summed E-state index contributed by atoms with van der Waals surface area (Å²) in [5.41, 5.74) is 0.324. The zero-order chi connectivity index (χ0) is 20.7. The van der Waals surface area contributed by atoms with Crippen LogP contribution in [0.5, 0.6) is 5.75 Å². The van der Waals surface area contributed by atoms with Crippen molar-refractivity contribution in [2.75, 3.05) is 7.11 Å². The van der Waals surface area contributed by atoms with Gasteiger partial charge in [-0.05, 0) is 69.4 Å². The number of rotatable bonds is 3. The third-order valence-electron chi connectivity index (χ3n) is 4.60. The second-order valence-corrected chi connectivity index (χ2v) is 8.00. The van der Waals surface area contributed by atoms with Gasteiger partial charge in [0.15, 0.2) is 5.78 Å². The average molecular weight is 386 g/mol. The van der Waals surface area contributed by atoms with Gasteiger partial charge in [0.2, 0.25) is 0 Å². The van der Waals surface area contributed by atoms with E-state index < -0.39 is 11.6 Å². The average Bonchev–Trinajstić information content (AvgIpc) is 2.59. The molecule has 0 saturated carbocycles. The number of benzene rings is 1. The third-order valence-corrected chi connectivity index (χ3v) is 4.60. The normalized spacial score (nSPS) is 23.9. The Morgan fingerprint density at radius 1 is 1.18 bits per heavy atom. The number of fused-ring (bicyclic) bond motifs is 1. The predicted molar refractivity (Wildman–Crippen MR) is 109 cm³/mol. The highest BCUT2D eigenvalue weighted by atomic mass is 16.5. The number of hydrogen-bond donors (Lipinski definition) is 1. The molecule has 0 fully saturated rings. The fraction of sp³-hybridized carbons (Fsp3) is 0.478. The van der Waals surface area contributed by atoms with Gasteiger partial charge < -0.3 is 14.6 Å². The summed E-state index contributed by atoms with van der Waals surface area (Å²) >= 11 is 0. The smallest absolute Gasteiger partial charge is 0.339 e. The summed E-state index contributed by atoms with van der Waals surface area (Å²) in [4.78, 5) is 24.9. The first-order valence-electron chi connectivity index (χ1n) is 9.65. The van der Waals surface area contributed by atoms with Crippen molar-refractivity contribution in [1.82, 2.24) is 0 Å². The van der Waals surface area contributed by atoms with Crippen molar-refractivity contribution in [3.8, 4) is 5.75 Å². The van der Waals surface area contributed by atoms with Crippen LogP contribution in [0.15, 0.2) is 36.4 Å². The lowest BCUT2D eigenvalue weighted by molar-refractivity contribution is -0.115. The van der Waals surface area contributed by atoms with E-state index in [0.717, 1.165) is 0 Å². The maximum Gasteiger partial charge on any atom is 0.339 e. The molecule has 0 aliphatic carbocycles. The van der Waals surface area contributed by atoms with Crippen LogP contribution in [-0.4, -0.2) is 35.7 Å². The minimum atomic E-state index is -0.854. The van der Waals surface area contributed by atoms with Gasteiger partial charge in [-0.3, -0.25) is 4.79 Å². The molecule has 1 N–H and O–H groups in total. The van der Waals surface area contributed by atoms with E-state index in [9.17, 15) is 14.7 Å². The monoisotopic (exact) mass is 386 g/mol. The molecular weight excluding hydrogens is 356 g/mol. The highest BCUT2D eigenvalue weighted by Gasteiger charge is 2.22. The minimum absolute atomic E-state index is 0.00905. The van der Waals surface area contributed by atoms with E-state index >= 15 is 0 Å². The van der Waals surface area contributed by atoms with Gasteiger partial charge in [-0.25, -0.2) is 4.79 Å². The maximum atomic E-state index is 12.6. The molecule has 0 aromatic heterocycles. The molecule has 0 bridgehead atoms. The van der Waals surface area contributed by atoms with Crippen molar-refractivity contribution in [2.24, 2.45) is 5.92 Å². The van der Waals surface area contributed by atoms with Crippen LogP contribution in [0.3, 0.4) is 0 Å². The molecule has 0 spiro atoms.